The van der Waals surface area contributed by atoms with E-state index in [-0.39, 0.29) is 5.91 Å². The summed E-state index contributed by atoms with van der Waals surface area (Å²) in [5.74, 6) is 1.28. The smallest absolute Gasteiger partial charge is 0.226 e. The fourth-order valence-electron chi connectivity index (χ4n) is 2.89. The first-order chi connectivity index (χ1) is 11.1. The lowest BCUT2D eigenvalue weighted by atomic mass is 10.0. The number of aromatic nitrogens is 1. The van der Waals surface area contributed by atoms with Crippen LogP contribution >= 0.6 is 0 Å². The quantitative estimate of drug-likeness (QED) is 0.889. The first-order valence-corrected chi connectivity index (χ1v) is 8.15. The lowest BCUT2D eigenvalue weighted by Gasteiger charge is -2.11. The first-order valence-electron chi connectivity index (χ1n) is 8.15. The van der Waals surface area contributed by atoms with Gasteiger partial charge in [0.2, 0.25) is 11.8 Å². The van der Waals surface area contributed by atoms with Gasteiger partial charge in [-0.15, -0.1) is 0 Å². The van der Waals surface area contributed by atoms with Crippen molar-refractivity contribution in [3.63, 3.8) is 0 Å². The van der Waals surface area contributed by atoms with E-state index < -0.39 is 0 Å². The van der Waals surface area contributed by atoms with Crippen molar-refractivity contribution in [1.82, 2.24) is 10.3 Å². The molecule has 0 radical (unpaired) electrons. The van der Waals surface area contributed by atoms with Crippen LogP contribution in [-0.4, -0.2) is 24.0 Å². The summed E-state index contributed by atoms with van der Waals surface area (Å²) in [5, 5.41) is 6.36. The summed E-state index contributed by atoms with van der Waals surface area (Å²) in [6, 6.07) is 5.86. The number of nitrogens with one attached hydrogen (secondary N) is 2. The Kier molecular flexibility index (Phi) is 4.76. The molecule has 1 aliphatic rings. The van der Waals surface area contributed by atoms with E-state index in [1.54, 1.807) is 6.26 Å². The van der Waals surface area contributed by atoms with Gasteiger partial charge in [0.05, 0.1) is 5.69 Å². The van der Waals surface area contributed by atoms with Gasteiger partial charge in [-0.25, -0.2) is 4.98 Å². The van der Waals surface area contributed by atoms with Crippen molar-refractivity contribution in [2.24, 2.45) is 5.92 Å². The normalized spacial score (nSPS) is 17.4. The maximum absolute atomic E-state index is 12.2. The third-order valence-electron chi connectivity index (χ3n) is 4.32. The van der Waals surface area contributed by atoms with Gasteiger partial charge in [0, 0.05) is 17.7 Å². The van der Waals surface area contributed by atoms with Gasteiger partial charge in [0.15, 0.2) is 0 Å². The average Bonchev–Trinajstić information content (AvgIpc) is 3.19. The minimum absolute atomic E-state index is 0.0701. The predicted octanol–water partition coefficient (Wildman–Crippen LogP) is 3.29. The molecular weight excluding hydrogens is 290 g/mol. The van der Waals surface area contributed by atoms with E-state index in [1.807, 2.05) is 32.0 Å². The summed E-state index contributed by atoms with van der Waals surface area (Å²) in [4.78, 5) is 16.5. The van der Waals surface area contributed by atoms with Crippen molar-refractivity contribution < 1.29 is 9.21 Å². The van der Waals surface area contributed by atoms with Crippen LogP contribution in [0.15, 0.2) is 28.9 Å². The van der Waals surface area contributed by atoms with Gasteiger partial charge >= 0.3 is 0 Å². The van der Waals surface area contributed by atoms with E-state index in [9.17, 15) is 4.79 Å². The second-order valence-electron chi connectivity index (χ2n) is 6.27. The maximum atomic E-state index is 12.2. The summed E-state index contributed by atoms with van der Waals surface area (Å²) in [6.45, 7) is 5.98. The molecule has 2 N–H and O–H groups in total. The number of rotatable bonds is 5. The zero-order valence-electron chi connectivity index (χ0n) is 13.7. The van der Waals surface area contributed by atoms with Crippen molar-refractivity contribution in [3.8, 4) is 11.5 Å². The van der Waals surface area contributed by atoms with Crippen LogP contribution in [0.25, 0.3) is 11.5 Å². The van der Waals surface area contributed by atoms with Gasteiger partial charge in [-0.3, -0.25) is 4.79 Å². The van der Waals surface area contributed by atoms with Crippen molar-refractivity contribution in [2.45, 2.75) is 33.1 Å². The van der Waals surface area contributed by atoms with Gasteiger partial charge in [-0.05, 0) is 63.4 Å². The van der Waals surface area contributed by atoms with Gasteiger partial charge in [-0.2, -0.15) is 0 Å². The van der Waals surface area contributed by atoms with E-state index in [4.69, 9.17) is 4.42 Å². The van der Waals surface area contributed by atoms with Crippen LogP contribution in [0.5, 0.6) is 0 Å². The van der Waals surface area contributed by atoms with Crippen LogP contribution in [-0.2, 0) is 4.79 Å². The monoisotopic (exact) mass is 313 g/mol. The van der Waals surface area contributed by atoms with Gasteiger partial charge in [0.1, 0.15) is 6.26 Å². The van der Waals surface area contributed by atoms with E-state index in [2.05, 4.69) is 15.6 Å². The Hall–Kier alpha value is -2.14. The molecular formula is C18H23N3O2. The average molecular weight is 313 g/mol. The Morgan fingerprint density at radius 3 is 3.00 bits per heavy atom. The molecule has 0 aliphatic carbocycles. The molecule has 2 aromatic rings. The van der Waals surface area contributed by atoms with Gasteiger partial charge in [-0.1, -0.05) is 6.07 Å². The second kappa shape index (κ2) is 6.96. The van der Waals surface area contributed by atoms with Gasteiger partial charge < -0.3 is 15.1 Å². The largest absolute Gasteiger partial charge is 0.444 e. The van der Waals surface area contributed by atoms with Crippen molar-refractivity contribution >= 4 is 11.6 Å². The molecule has 2 heterocycles. The number of nitrogens with zero attached hydrogens (tertiary/aromatic N) is 1. The lowest BCUT2D eigenvalue weighted by molar-refractivity contribution is -0.116. The summed E-state index contributed by atoms with van der Waals surface area (Å²) in [7, 11) is 0. The highest BCUT2D eigenvalue weighted by Crippen LogP contribution is 2.25. The SMILES string of the molecule is Cc1coc(-c2ccc(C)c(NC(=O)CCC3CCNC3)c2)n1. The Balaban J connectivity index is 1.65. The minimum atomic E-state index is 0.0701. The van der Waals surface area contributed by atoms with Crippen molar-refractivity contribution in [3.05, 3.63) is 35.7 Å². The molecule has 3 rings (SSSR count). The van der Waals surface area contributed by atoms with Crippen LogP contribution in [0.3, 0.4) is 0 Å². The number of anilines is 1. The van der Waals surface area contributed by atoms with Crippen LogP contribution in [0.4, 0.5) is 5.69 Å². The fraction of sp³-hybridized carbons (Fsp3) is 0.444. The number of carbonyl (C=O) groups excluding carboxylic acids is 1. The number of amides is 1. The van der Waals surface area contributed by atoms with E-state index >= 15 is 0 Å². The number of hydrogen-bond acceptors (Lipinski definition) is 4. The molecule has 0 bridgehead atoms. The molecule has 1 saturated heterocycles. The van der Waals surface area contributed by atoms with E-state index in [0.717, 1.165) is 42.0 Å². The van der Waals surface area contributed by atoms with Crippen LogP contribution < -0.4 is 10.6 Å². The summed E-state index contributed by atoms with van der Waals surface area (Å²) >= 11 is 0. The van der Waals surface area contributed by atoms with E-state index in [1.165, 1.54) is 6.42 Å². The highest BCUT2D eigenvalue weighted by molar-refractivity contribution is 5.92. The lowest BCUT2D eigenvalue weighted by Crippen LogP contribution is -2.15. The molecule has 1 aromatic carbocycles. The minimum Gasteiger partial charge on any atom is -0.444 e. The standard InChI is InChI=1S/C18H23N3O2/c1-12-3-5-15(18-20-13(2)11-23-18)9-16(12)21-17(22)6-4-14-7-8-19-10-14/h3,5,9,11,14,19H,4,6-8,10H2,1-2H3,(H,21,22). The topological polar surface area (TPSA) is 67.2 Å². The Morgan fingerprint density at radius 1 is 1.43 bits per heavy atom. The molecule has 1 amide bonds. The molecule has 5 heteroatoms. The number of oxazole rings is 1. The van der Waals surface area contributed by atoms with E-state index in [0.29, 0.717) is 18.2 Å². The van der Waals surface area contributed by atoms with Crippen molar-refractivity contribution in [1.29, 1.82) is 0 Å². The second-order valence-corrected chi connectivity index (χ2v) is 6.27. The van der Waals surface area contributed by atoms with Crippen LogP contribution in [0.2, 0.25) is 0 Å². The summed E-state index contributed by atoms with van der Waals surface area (Å²) in [6.07, 6.45) is 4.30. The fourth-order valence-corrected chi connectivity index (χ4v) is 2.89. The molecule has 1 aromatic heterocycles. The van der Waals surface area contributed by atoms with Crippen LogP contribution in [0.1, 0.15) is 30.5 Å². The molecule has 23 heavy (non-hydrogen) atoms. The summed E-state index contributed by atoms with van der Waals surface area (Å²) in [5.41, 5.74) is 3.58. The third kappa shape index (κ3) is 3.99. The molecule has 0 saturated carbocycles. The summed E-state index contributed by atoms with van der Waals surface area (Å²) < 4.78 is 5.43. The molecule has 1 aliphatic heterocycles. The highest BCUT2D eigenvalue weighted by Gasteiger charge is 2.16. The van der Waals surface area contributed by atoms with Crippen molar-refractivity contribution in [2.75, 3.05) is 18.4 Å². The molecule has 1 atom stereocenters. The maximum Gasteiger partial charge on any atom is 0.226 e. The molecule has 5 nitrogen and oxygen atoms in total. The number of benzene rings is 1. The molecule has 122 valence electrons. The molecule has 0 spiro atoms. The number of carbonyl (C=O) groups is 1. The first kappa shape index (κ1) is 15.7. The highest BCUT2D eigenvalue weighted by atomic mass is 16.3. The van der Waals surface area contributed by atoms with Crippen LogP contribution in [0, 0.1) is 19.8 Å². The Labute approximate surface area is 136 Å². The molecule has 1 fully saturated rings. The van der Waals surface area contributed by atoms with Gasteiger partial charge in [0.25, 0.3) is 0 Å². The zero-order valence-corrected chi connectivity index (χ0v) is 13.7. The zero-order chi connectivity index (χ0) is 16.2. The Morgan fingerprint density at radius 2 is 2.30 bits per heavy atom. The predicted molar refractivity (Wildman–Crippen MR) is 90.3 cm³/mol. The number of hydrogen-bond donors (Lipinski definition) is 2. The number of aryl methyl sites for hydroxylation is 2. The Bertz CT molecular complexity index is 687. The third-order valence-corrected chi connectivity index (χ3v) is 4.32. The molecule has 1 unspecified atom stereocenters.